The van der Waals surface area contributed by atoms with E-state index in [1.54, 1.807) is 26.1 Å². The molecule has 2 fully saturated rings. The molecular weight excluding hydrogens is 386 g/mol. The number of hydrogen-bond acceptors (Lipinski definition) is 5. The minimum atomic E-state index is -0.549. The molecule has 2 atom stereocenters. The number of carbonyl (C=O) groups is 2. The Balaban J connectivity index is 2.06. The van der Waals surface area contributed by atoms with Crippen LogP contribution in [0.5, 0.6) is 0 Å². The molecule has 0 spiro atoms. The highest BCUT2D eigenvalue weighted by molar-refractivity contribution is 5.85. The molecule has 1 unspecified atom stereocenters. The highest BCUT2D eigenvalue weighted by atomic mass is 16.6. The quantitative estimate of drug-likeness (QED) is 0.513. The van der Waals surface area contributed by atoms with Crippen LogP contribution in [0.15, 0.2) is 4.99 Å². The molecule has 1 saturated heterocycles. The summed E-state index contributed by atoms with van der Waals surface area (Å²) in [4.78, 5) is 32.2. The summed E-state index contributed by atoms with van der Waals surface area (Å²) in [5.41, 5.74) is -0.549. The average Bonchev–Trinajstić information content (AvgIpc) is 3.08. The Morgan fingerprint density at radius 1 is 1.10 bits per heavy atom. The zero-order valence-corrected chi connectivity index (χ0v) is 19.4. The Kier molecular flexibility index (Phi) is 8.76. The fraction of sp³-hybridized carbons (Fsp3) is 0.857. The second kappa shape index (κ2) is 10.8. The lowest BCUT2D eigenvalue weighted by atomic mass is 9.96. The number of rotatable bonds is 5. The number of carbonyl (C=O) groups excluding carboxylic acids is 2. The van der Waals surface area contributed by atoms with Gasteiger partial charge < -0.3 is 29.9 Å². The maximum atomic E-state index is 12.5. The number of nitrogens with one attached hydrogen (secondary N) is 2. The predicted octanol–water partition coefficient (Wildman–Crippen LogP) is 1.58. The number of likely N-dealkylation sites (tertiary alicyclic amines) is 1. The number of methoxy groups -OCH3 is 1. The number of hydrogen-bond donors (Lipinski definition) is 2. The van der Waals surface area contributed by atoms with E-state index in [4.69, 9.17) is 9.47 Å². The molecule has 1 aliphatic heterocycles. The third-order valence-electron chi connectivity index (χ3n) is 5.36. The number of amides is 2. The first-order chi connectivity index (χ1) is 14.1. The molecule has 2 aliphatic rings. The van der Waals surface area contributed by atoms with E-state index in [9.17, 15) is 9.59 Å². The number of likely N-dealkylation sites (N-methyl/N-ethyl adjacent to an activating group) is 1. The van der Waals surface area contributed by atoms with Crippen LogP contribution >= 0.6 is 0 Å². The summed E-state index contributed by atoms with van der Waals surface area (Å²) in [5, 5.41) is 6.88. The largest absolute Gasteiger partial charge is 0.444 e. The van der Waals surface area contributed by atoms with E-state index in [-0.39, 0.29) is 30.7 Å². The summed E-state index contributed by atoms with van der Waals surface area (Å²) in [6.07, 6.45) is 5.28. The van der Waals surface area contributed by atoms with Gasteiger partial charge in [-0.15, -0.1) is 0 Å². The van der Waals surface area contributed by atoms with Crippen molar-refractivity contribution in [3.05, 3.63) is 0 Å². The summed E-state index contributed by atoms with van der Waals surface area (Å²) < 4.78 is 11.1. The molecule has 1 heterocycles. The third-order valence-corrected chi connectivity index (χ3v) is 5.36. The molecule has 1 saturated carbocycles. The van der Waals surface area contributed by atoms with Crippen LogP contribution in [-0.2, 0) is 14.3 Å². The maximum Gasteiger partial charge on any atom is 0.410 e. The minimum Gasteiger partial charge on any atom is -0.444 e. The summed E-state index contributed by atoms with van der Waals surface area (Å²) in [7, 11) is 5.07. The normalized spacial score (nSPS) is 23.3. The van der Waals surface area contributed by atoms with E-state index < -0.39 is 5.60 Å². The molecule has 2 N–H and O–H groups in total. The van der Waals surface area contributed by atoms with Gasteiger partial charge in [-0.3, -0.25) is 4.79 Å². The fourth-order valence-corrected chi connectivity index (χ4v) is 3.66. The monoisotopic (exact) mass is 425 g/mol. The lowest BCUT2D eigenvalue weighted by molar-refractivity contribution is -0.127. The Bertz CT molecular complexity index is 611. The van der Waals surface area contributed by atoms with Gasteiger partial charge in [0.2, 0.25) is 5.91 Å². The van der Waals surface area contributed by atoms with Crippen LogP contribution < -0.4 is 10.6 Å². The van der Waals surface area contributed by atoms with Crippen molar-refractivity contribution in [1.82, 2.24) is 20.4 Å². The van der Waals surface area contributed by atoms with E-state index in [2.05, 4.69) is 15.6 Å². The van der Waals surface area contributed by atoms with Gasteiger partial charge in [0.1, 0.15) is 12.1 Å². The molecule has 0 aromatic carbocycles. The van der Waals surface area contributed by atoms with Crippen LogP contribution in [0.4, 0.5) is 4.79 Å². The van der Waals surface area contributed by atoms with Crippen LogP contribution in [-0.4, -0.2) is 92.4 Å². The van der Waals surface area contributed by atoms with Crippen LogP contribution in [0.25, 0.3) is 0 Å². The maximum absolute atomic E-state index is 12.5. The second-order valence-electron chi connectivity index (χ2n) is 9.34. The van der Waals surface area contributed by atoms with Gasteiger partial charge >= 0.3 is 6.09 Å². The fourth-order valence-electron chi connectivity index (χ4n) is 3.66. The number of nitrogens with zero attached hydrogens (tertiary/aromatic N) is 3. The highest BCUT2D eigenvalue weighted by Gasteiger charge is 2.38. The molecule has 9 nitrogen and oxygen atoms in total. The Morgan fingerprint density at radius 3 is 2.33 bits per heavy atom. The summed E-state index contributed by atoms with van der Waals surface area (Å²) in [6, 6.07) is 0.190. The molecule has 30 heavy (non-hydrogen) atoms. The van der Waals surface area contributed by atoms with Gasteiger partial charge in [0.15, 0.2) is 5.96 Å². The van der Waals surface area contributed by atoms with Crippen molar-refractivity contribution < 1.29 is 19.1 Å². The van der Waals surface area contributed by atoms with Gasteiger partial charge in [-0.1, -0.05) is 19.3 Å². The number of guanidine groups is 1. The first kappa shape index (κ1) is 24.2. The van der Waals surface area contributed by atoms with Crippen LogP contribution in [0.3, 0.4) is 0 Å². The molecule has 1 aliphatic carbocycles. The van der Waals surface area contributed by atoms with Gasteiger partial charge in [-0.05, 0) is 33.6 Å². The topological polar surface area (TPSA) is 95.5 Å². The van der Waals surface area contributed by atoms with Crippen molar-refractivity contribution in [3.63, 3.8) is 0 Å². The first-order valence-electron chi connectivity index (χ1n) is 10.9. The van der Waals surface area contributed by atoms with Gasteiger partial charge in [0, 0.05) is 33.8 Å². The van der Waals surface area contributed by atoms with Crippen molar-refractivity contribution in [2.24, 2.45) is 4.99 Å². The standard InChI is InChI=1S/C21H39N5O4/c1-21(2,3)30-20(28)26-13-16(17(14-26)29-6)24-19(22-12-18(27)25(4)5)23-15-10-8-7-9-11-15/h15-17H,7-14H2,1-6H3,(H2,22,23,24)/t16?,17-/m0/s1. The summed E-state index contributed by atoms with van der Waals surface area (Å²) in [6.45, 7) is 6.51. The SMILES string of the molecule is CO[C@H]1CN(C(=O)OC(C)(C)C)CC1NC(=NCC(=O)N(C)C)NC1CCCCC1. The van der Waals surface area contributed by atoms with E-state index in [0.717, 1.165) is 12.8 Å². The van der Waals surface area contributed by atoms with Crippen LogP contribution in [0, 0.1) is 0 Å². The molecular formula is C21H39N5O4. The van der Waals surface area contributed by atoms with E-state index in [1.165, 1.54) is 24.2 Å². The Morgan fingerprint density at radius 2 is 1.77 bits per heavy atom. The third kappa shape index (κ3) is 7.66. The summed E-state index contributed by atoms with van der Waals surface area (Å²) in [5.74, 6) is 0.528. The van der Waals surface area contributed by atoms with E-state index >= 15 is 0 Å². The van der Waals surface area contributed by atoms with Crippen LogP contribution in [0.1, 0.15) is 52.9 Å². The molecule has 0 aromatic heterocycles. The lowest BCUT2D eigenvalue weighted by Crippen LogP contribution is -2.52. The molecule has 0 bridgehead atoms. The second-order valence-corrected chi connectivity index (χ2v) is 9.34. The predicted molar refractivity (Wildman–Crippen MR) is 117 cm³/mol. The molecule has 0 aromatic rings. The number of aliphatic imine (C=N–C) groups is 1. The molecule has 9 heteroatoms. The van der Waals surface area contributed by atoms with E-state index in [0.29, 0.717) is 25.1 Å². The zero-order chi connectivity index (χ0) is 22.3. The van der Waals surface area contributed by atoms with Gasteiger partial charge in [-0.2, -0.15) is 0 Å². The van der Waals surface area contributed by atoms with Crippen LogP contribution in [0.2, 0.25) is 0 Å². The minimum absolute atomic E-state index is 0.0647. The van der Waals surface area contributed by atoms with Crippen molar-refractivity contribution in [2.75, 3.05) is 40.8 Å². The van der Waals surface area contributed by atoms with Crippen molar-refractivity contribution >= 4 is 18.0 Å². The van der Waals surface area contributed by atoms with Crippen molar-refractivity contribution in [2.45, 2.75) is 76.7 Å². The van der Waals surface area contributed by atoms with Crippen molar-refractivity contribution in [1.29, 1.82) is 0 Å². The highest BCUT2D eigenvalue weighted by Crippen LogP contribution is 2.19. The number of ether oxygens (including phenoxy) is 2. The van der Waals surface area contributed by atoms with Gasteiger partial charge in [0.05, 0.1) is 18.7 Å². The molecule has 0 radical (unpaired) electrons. The van der Waals surface area contributed by atoms with E-state index in [1.807, 2.05) is 20.8 Å². The Labute approximate surface area is 180 Å². The van der Waals surface area contributed by atoms with Gasteiger partial charge in [-0.25, -0.2) is 9.79 Å². The van der Waals surface area contributed by atoms with Gasteiger partial charge in [0.25, 0.3) is 0 Å². The molecule has 2 amide bonds. The lowest BCUT2D eigenvalue weighted by Gasteiger charge is -2.28. The molecule has 2 rings (SSSR count). The van der Waals surface area contributed by atoms with Crippen molar-refractivity contribution in [3.8, 4) is 0 Å². The Hall–Kier alpha value is -2.03. The smallest absolute Gasteiger partial charge is 0.410 e. The molecule has 172 valence electrons. The first-order valence-corrected chi connectivity index (χ1v) is 10.9. The average molecular weight is 426 g/mol. The summed E-state index contributed by atoms with van der Waals surface area (Å²) >= 11 is 0. The zero-order valence-electron chi connectivity index (χ0n) is 19.4.